The summed E-state index contributed by atoms with van der Waals surface area (Å²) in [4.78, 5) is 28.2. The molecule has 0 fully saturated rings. The Bertz CT molecular complexity index is 676. The highest BCUT2D eigenvalue weighted by Crippen LogP contribution is 2.29. The number of hydrogen-bond donors (Lipinski definition) is 0. The van der Waals surface area contributed by atoms with Crippen LogP contribution in [0, 0.1) is 10.1 Å². The second-order valence-corrected chi connectivity index (χ2v) is 5.21. The number of carbonyl (C=O) groups is 1. The molecule has 0 saturated carbocycles. The number of aromatic nitrogens is 1. The van der Waals surface area contributed by atoms with E-state index in [9.17, 15) is 14.9 Å². The van der Waals surface area contributed by atoms with Crippen molar-refractivity contribution in [3.05, 3.63) is 68.4 Å². The molecule has 0 aliphatic carbocycles. The van der Waals surface area contributed by atoms with Crippen LogP contribution in [0.4, 0.5) is 5.69 Å². The summed E-state index contributed by atoms with van der Waals surface area (Å²) in [5, 5.41) is 10.9. The second kappa shape index (κ2) is 6.45. The van der Waals surface area contributed by atoms with E-state index >= 15 is 0 Å². The zero-order valence-electron chi connectivity index (χ0n) is 11.2. The van der Waals surface area contributed by atoms with Gasteiger partial charge in [0.05, 0.1) is 10.5 Å². The first kappa shape index (κ1) is 15.1. The van der Waals surface area contributed by atoms with Crippen molar-refractivity contribution in [2.45, 2.75) is 6.54 Å². The van der Waals surface area contributed by atoms with Gasteiger partial charge >= 0.3 is 0 Å². The molecular formula is C14H12BrN3O3. The minimum absolute atomic E-state index is 0.127. The predicted octanol–water partition coefficient (Wildman–Crippen LogP) is 3.02. The maximum Gasteiger partial charge on any atom is 0.284 e. The third-order valence-electron chi connectivity index (χ3n) is 2.92. The molecule has 6 nitrogen and oxygen atoms in total. The molecule has 1 aromatic heterocycles. The molecule has 2 rings (SSSR count). The Morgan fingerprint density at radius 3 is 2.62 bits per heavy atom. The highest BCUT2D eigenvalue weighted by molar-refractivity contribution is 9.10. The van der Waals surface area contributed by atoms with Gasteiger partial charge in [-0.2, -0.15) is 0 Å². The van der Waals surface area contributed by atoms with E-state index in [0.29, 0.717) is 6.54 Å². The number of benzene rings is 1. The van der Waals surface area contributed by atoms with Crippen LogP contribution < -0.4 is 0 Å². The maximum atomic E-state index is 12.4. The van der Waals surface area contributed by atoms with Gasteiger partial charge in [0.1, 0.15) is 4.47 Å². The molecule has 0 radical (unpaired) electrons. The average molecular weight is 350 g/mol. The molecule has 108 valence electrons. The Morgan fingerprint density at radius 2 is 2.00 bits per heavy atom. The lowest BCUT2D eigenvalue weighted by Gasteiger charge is -2.18. The first-order chi connectivity index (χ1) is 10.0. The van der Waals surface area contributed by atoms with Crippen LogP contribution in [0.2, 0.25) is 0 Å². The van der Waals surface area contributed by atoms with Crippen LogP contribution in [-0.2, 0) is 6.54 Å². The molecule has 0 unspecified atom stereocenters. The summed E-state index contributed by atoms with van der Waals surface area (Å²) in [6, 6.07) is 8.03. The van der Waals surface area contributed by atoms with Gasteiger partial charge in [0.25, 0.3) is 11.6 Å². The van der Waals surface area contributed by atoms with E-state index in [1.165, 1.54) is 17.0 Å². The van der Waals surface area contributed by atoms with Crippen molar-refractivity contribution in [1.82, 2.24) is 9.88 Å². The molecule has 0 spiro atoms. The Labute approximate surface area is 129 Å². The molecule has 1 amide bonds. The monoisotopic (exact) mass is 349 g/mol. The van der Waals surface area contributed by atoms with Gasteiger partial charge in [-0.3, -0.25) is 19.9 Å². The molecular weight excluding hydrogens is 338 g/mol. The number of halogens is 1. The Kier molecular flexibility index (Phi) is 4.64. The van der Waals surface area contributed by atoms with E-state index < -0.39 is 4.92 Å². The summed E-state index contributed by atoms with van der Waals surface area (Å²) in [6.45, 7) is 0.399. The SMILES string of the molecule is CN(Cc1ccncc1)C(=O)c1cccc([N+](=O)[O-])c1Br. The molecule has 0 saturated heterocycles. The summed E-state index contributed by atoms with van der Waals surface area (Å²) < 4.78 is 0.196. The summed E-state index contributed by atoms with van der Waals surface area (Å²) in [5.41, 5.74) is 1.07. The lowest BCUT2D eigenvalue weighted by atomic mass is 10.1. The summed E-state index contributed by atoms with van der Waals surface area (Å²) in [6.07, 6.45) is 3.30. The summed E-state index contributed by atoms with van der Waals surface area (Å²) >= 11 is 3.14. The van der Waals surface area contributed by atoms with Gasteiger partial charge in [0.15, 0.2) is 0 Å². The van der Waals surface area contributed by atoms with Crippen LogP contribution in [0.3, 0.4) is 0 Å². The first-order valence-electron chi connectivity index (χ1n) is 6.08. The lowest BCUT2D eigenvalue weighted by Crippen LogP contribution is -2.26. The van der Waals surface area contributed by atoms with Gasteiger partial charge in [-0.15, -0.1) is 0 Å². The molecule has 0 aliphatic heterocycles. The van der Waals surface area contributed by atoms with Gasteiger partial charge in [-0.1, -0.05) is 6.07 Å². The minimum Gasteiger partial charge on any atom is -0.337 e. The van der Waals surface area contributed by atoms with Gasteiger partial charge in [-0.05, 0) is 39.7 Å². The Morgan fingerprint density at radius 1 is 1.33 bits per heavy atom. The van der Waals surface area contributed by atoms with Crippen LogP contribution in [0.15, 0.2) is 47.2 Å². The average Bonchev–Trinajstić information content (AvgIpc) is 2.47. The quantitative estimate of drug-likeness (QED) is 0.627. The van der Waals surface area contributed by atoms with E-state index in [-0.39, 0.29) is 21.6 Å². The predicted molar refractivity (Wildman–Crippen MR) is 80.8 cm³/mol. The fourth-order valence-electron chi connectivity index (χ4n) is 1.87. The molecule has 21 heavy (non-hydrogen) atoms. The van der Waals surface area contributed by atoms with E-state index in [1.807, 2.05) is 12.1 Å². The van der Waals surface area contributed by atoms with Crippen molar-refractivity contribution in [3.8, 4) is 0 Å². The number of nitro benzene ring substituents is 1. The van der Waals surface area contributed by atoms with Gasteiger partial charge < -0.3 is 4.90 Å². The molecule has 0 N–H and O–H groups in total. The fourth-order valence-corrected chi connectivity index (χ4v) is 2.44. The van der Waals surface area contributed by atoms with Gasteiger partial charge in [0.2, 0.25) is 0 Å². The fraction of sp³-hybridized carbons (Fsp3) is 0.143. The third-order valence-corrected chi connectivity index (χ3v) is 3.75. The van der Waals surface area contributed by atoms with Crippen LogP contribution >= 0.6 is 15.9 Å². The largest absolute Gasteiger partial charge is 0.337 e. The van der Waals surface area contributed by atoms with Crippen molar-refractivity contribution in [3.63, 3.8) is 0 Å². The lowest BCUT2D eigenvalue weighted by molar-refractivity contribution is -0.385. The van der Waals surface area contributed by atoms with E-state index in [4.69, 9.17) is 0 Å². The smallest absolute Gasteiger partial charge is 0.284 e. The topological polar surface area (TPSA) is 76.3 Å². The maximum absolute atomic E-state index is 12.4. The number of pyridine rings is 1. The van der Waals surface area contributed by atoms with Crippen molar-refractivity contribution < 1.29 is 9.72 Å². The zero-order valence-corrected chi connectivity index (χ0v) is 12.8. The summed E-state index contributed by atoms with van der Waals surface area (Å²) in [7, 11) is 1.65. The first-order valence-corrected chi connectivity index (χ1v) is 6.87. The minimum atomic E-state index is -0.524. The van der Waals surface area contributed by atoms with Crippen LogP contribution in [0.1, 0.15) is 15.9 Å². The highest BCUT2D eigenvalue weighted by atomic mass is 79.9. The van der Waals surface area contributed by atoms with Crippen molar-refractivity contribution >= 4 is 27.5 Å². The summed E-state index contributed by atoms with van der Waals surface area (Å²) in [5.74, 6) is -0.289. The second-order valence-electron chi connectivity index (χ2n) is 4.41. The van der Waals surface area contributed by atoms with Crippen molar-refractivity contribution in [2.75, 3.05) is 7.05 Å². The van der Waals surface area contributed by atoms with Crippen LogP contribution in [-0.4, -0.2) is 27.8 Å². The molecule has 0 atom stereocenters. The number of carbonyl (C=O) groups excluding carboxylic acids is 1. The number of rotatable bonds is 4. The number of hydrogen-bond acceptors (Lipinski definition) is 4. The van der Waals surface area contributed by atoms with E-state index in [2.05, 4.69) is 20.9 Å². The molecule has 1 aromatic carbocycles. The molecule has 1 heterocycles. The zero-order chi connectivity index (χ0) is 15.4. The van der Waals surface area contributed by atoms with Crippen LogP contribution in [0.5, 0.6) is 0 Å². The third kappa shape index (κ3) is 3.43. The highest BCUT2D eigenvalue weighted by Gasteiger charge is 2.21. The normalized spacial score (nSPS) is 10.2. The number of nitrogens with zero attached hydrogens (tertiary/aromatic N) is 3. The van der Waals surface area contributed by atoms with Crippen molar-refractivity contribution in [1.29, 1.82) is 0 Å². The molecule has 7 heteroatoms. The number of nitro groups is 1. The Balaban J connectivity index is 2.24. The van der Waals surface area contributed by atoms with E-state index in [0.717, 1.165) is 5.56 Å². The Hall–Kier alpha value is -2.28. The number of amides is 1. The van der Waals surface area contributed by atoms with Gasteiger partial charge in [-0.25, -0.2) is 0 Å². The standard InChI is InChI=1S/C14H12BrN3O3/c1-17(9-10-5-7-16-8-6-10)14(19)11-3-2-4-12(13(11)15)18(20)21/h2-8H,9H2,1H3. The molecule has 0 bridgehead atoms. The molecule has 2 aromatic rings. The van der Waals surface area contributed by atoms with Gasteiger partial charge in [0, 0.05) is 32.1 Å². The van der Waals surface area contributed by atoms with Crippen molar-refractivity contribution in [2.24, 2.45) is 0 Å². The van der Waals surface area contributed by atoms with Crippen LogP contribution in [0.25, 0.3) is 0 Å². The van der Waals surface area contributed by atoms with E-state index in [1.54, 1.807) is 25.5 Å². The molecule has 0 aliphatic rings.